The summed E-state index contributed by atoms with van der Waals surface area (Å²) in [6.07, 6.45) is 2.02. The number of hydrogen-bond acceptors (Lipinski definition) is 4. The van der Waals surface area contributed by atoms with Gasteiger partial charge in [0.05, 0.1) is 17.5 Å². The number of rotatable bonds is 5. The number of nitrogens with zero attached hydrogens (tertiary/aromatic N) is 4. The van der Waals surface area contributed by atoms with Crippen LogP contribution in [0, 0.1) is 12.8 Å². The minimum absolute atomic E-state index is 0.0398. The van der Waals surface area contributed by atoms with Crippen LogP contribution in [-0.2, 0) is 4.74 Å². The zero-order valence-electron chi connectivity index (χ0n) is 15.2. The van der Waals surface area contributed by atoms with Crippen LogP contribution >= 0.6 is 0 Å². The van der Waals surface area contributed by atoms with Gasteiger partial charge in [0.1, 0.15) is 0 Å². The maximum absolute atomic E-state index is 12.8. The van der Waals surface area contributed by atoms with E-state index in [-0.39, 0.29) is 12.0 Å². The molecule has 0 atom stereocenters. The van der Waals surface area contributed by atoms with Crippen LogP contribution in [-0.4, -0.2) is 51.6 Å². The van der Waals surface area contributed by atoms with Gasteiger partial charge in [-0.1, -0.05) is 32.0 Å². The Hall–Kier alpha value is -2.21. The van der Waals surface area contributed by atoms with Crippen molar-refractivity contribution in [2.75, 3.05) is 19.7 Å². The highest BCUT2D eigenvalue weighted by atomic mass is 16.5. The second-order valence-corrected chi connectivity index (χ2v) is 6.98. The first-order chi connectivity index (χ1) is 12.0. The largest absolute Gasteiger partial charge is 0.378 e. The first-order valence-electron chi connectivity index (χ1n) is 8.95. The summed E-state index contributed by atoms with van der Waals surface area (Å²) in [4.78, 5) is 16.2. The number of carbonyl (C=O) groups is 1. The highest BCUT2D eigenvalue weighted by Gasteiger charge is 2.27. The molecule has 1 aromatic heterocycles. The van der Waals surface area contributed by atoms with Crippen molar-refractivity contribution in [1.82, 2.24) is 19.9 Å². The number of ether oxygens (including phenoxy) is 1. The number of carbonyl (C=O) groups excluding carboxylic acids is 1. The summed E-state index contributed by atoms with van der Waals surface area (Å²) in [7, 11) is 0. The van der Waals surface area contributed by atoms with E-state index < -0.39 is 0 Å². The van der Waals surface area contributed by atoms with Gasteiger partial charge in [0, 0.05) is 19.7 Å². The lowest BCUT2D eigenvalue weighted by molar-refractivity contribution is -0.00245. The number of hydrogen-bond donors (Lipinski definition) is 0. The second-order valence-electron chi connectivity index (χ2n) is 6.98. The molecule has 6 heteroatoms. The van der Waals surface area contributed by atoms with E-state index in [0.717, 1.165) is 25.1 Å². The van der Waals surface area contributed by atoms with E-state index in [2.05, 4.69) is 24.0 Å². The third-order valence-electron chi connectivity index (χ3n) is 4.37. The van der Waals surface area contributed by atoms with E-state index in [4.69, 9.17) is 4.74 Å². The predicted molar refractivity (Wildman–Crippen MR) is 95.8 cm³/mol. The maximum Gasteiger partial charge on any atom is 0.276 e. The quantitative estimate of drug-likeness (QED) is 0.838. The molecule has 0 radical (unpaired) electrons. The zero-order chi connectivity index (χ0) is 17.8. The lowest BCUT2D eigenvalue weighted by Crippen LogP contribution is -2.41. The monoisotopic (exact) mass is 342 g/mol. The predicted octanol–water partition coefficient (Wildman–Crippen LogP) is 2.85. The van der Waals surface area contributed by atoms with E-state index in [9.17, 15) is 4.79 Å². The fourth-order valence-corrected chi connectivity index (χ4v) is 2.96. The molecule has 1 saturated heterocycles. The highest BCUT2D eigenvalue weighted by Crippen LogP contribution is 2.18. The molecule has 2 aromatic rings. The van der Waals surface area contributed by atoms with Gasteiger partial charge in [-0.25, -0.2) is 0 Å². The van der Waals surface area contributed by atoms with Crippen LogP contribution in [0.3, 0.4) is 0 Å². The van der Waals surface area contributed by atoms with E-state index >= 15 is 0 Å². The summed E-state index contributed by atoms with van der Waals surface area (Å²) in [5.74, 6) is 0.498. The van der Waals surface area contributed by atoms with Gasteiger partial charge in [-0.2, -0.15) is 9.90 Å². The van der Waals surface area contributed by atoms with Crippen LogP contribution in [0.1, 0.15) is 42.9 Å². The molecule has 0 unspecified atom stereocenters. The number of piperidine rings is 1. The van der Waals surface area contributed by atoms with Crippen molar-refractivity contribution in [3.8, 4) is 5.69 Å². The molecule has 0 spiro atoms. The van der Waals surface area contributed by atoms with Crippen LogP contribution < -0.4 is 0 Å². The van der Waals surface area contributed by atoms with E-state index in [0.29, 0.717) is 30.4 Å². The van der Waals surface area contributed by atoms with Gasteiger partial charge in [0.2, 0.25) is 0 Å². The third kappa shape index (κ3) is 4.25. The Kier molecular flexibility index (Phi) is 5.48. The fourth-order valence-electron chi connectivity index (χ4n) is 2.96. The van der Waals surface area contributed by atoms with E-state index in [1.165, 1.54) is 4.80 Å². The van der Waals surface area contributed by atoms with Gasteiger partial charge in [0.15, 0.2) is 5.69 Å². The molecular formula is C19H26N4O2. The van der Waals surface area contributed by atoms with Crippen molar-refractivity contribution in [3.63, 3.8) is 0 Å². The van der Waals surface area contributed by atoms with Gasteiger partial charge >= 0.3 is 0 Å². The number of aromatic nitrogens is 3. The summed E-state index contributed by atoms with van der Waals surface area (Å²) in [6, 6.07) is 9.64. The Balaban J connectivity index is 1.63. The molecular weight excluding hydrogens is 316 g/mol. The van der Waals surface area contributed by atoms with Gasteiger partial charge < -0.3 is 9.64 Å². The Morgan fingerprint density at radius 3 is 2.52 bits per heavy atom. The zero-order valence-corrected chi connectivity index (χ0v) is 15.2. The molecule has 1 aliphatic heterocycles. The van der Waals surface area contributed by atoms with Gasteiger partial charge in [0.25, 0.3) is 5.91 Å². The summed E-state index contributed by atoms with van der Waals surface area (Å²) in [5.41, 5.74) is 1.95. The van der Waals surface area contributed by atoms with Crippen LogP contribution in [0.4, 0.5) is 0 Å². The van der Waals surface area contributed by atoms with Crippen molar-refractivity contribution >= 4 is 5.91 Å². The second kappa shape index (κ2) is 7.78. The number of para-hydroxylation sites is 1. The summed E-state index contributed by atoms with van der Waals surface area (Å²) in [5, 5.41) is 8.81. The van der Waals surface area contributed by atoms with Gasteiger partial charge in [-0.05, 0) is 37.8 Å². The Labute approximate surface area is 148 Å². The molecule has 0 bridgehead atoms. The average Bonchev–Trinajstić information content (AvgIpc) is 3.02. The normalized spacial score (nSPS) is 15.8. The maximum atomic E-state index is 12.8. The molecule has 0 aliphatic carbocycles. The Bertz CT molecular complexity index is 703. The lowest BCUT2D eigenvalue weighted by atomic mass is 10.1. The van der Waals surface area contributed by atoms with Crippen molar-refractivity contribution in [1.29, 1.82) is 0 Å². The molecule has 1 fully saturated rings. The van der Waals surface area contributed by atoms with Gasteiger partial charge in [-0.15, -0.1) is 5.10 Å². The SMILES string of the molecule is Cc1nn(-c2ccccc2)nc1C(=O)N1CCC(OCC(C)C)CC1. The van der Waals surface area contributed by atoms with Gasteiger partial charge in [-0.3, -0.25) is 4.79 Å². The van der Waals surface area contributed by atoms with Crippen molar-refractivity contribution in [2.24, 2.45) is 5.92 Å². The van der Waals surface area contributed by atoms with E-state index in [1.54, 1.807) is 0 Å². The van der Waals surface area contributed by atoms with Crippen LogP contribution in [0.15, 0.2) is 30.3 Å². The highest BCUT2D eigenvalue weighted by molar-refractivity contribution is 5.93. The van der Waals surface area contributed by atoms with Crippen molar-refractivity contribution in [3.05, 3.63) is 41.7 Å². The standard InChI is InChI=1S/C19H26N4O2/c1-14(2)13-25-17-9-11-22(12-10-17)19(24)18-15(3)20-23(21-18)16-7-5-4-6-8-16/h4-8,14,17H,9-13H2,1-3H3. The number of aryl methyl sites for hydroxylation is 1. The summed E-state index contributed by atoms with van der Waals surface area (Å²) < 4.78 is 5.89. The Morgan fingerprint density at radius 2 is 1.88 bits per heavy atom. The average molecular weight is 342 g/mol. The smallest absolute Gasteiger partial charge is 0.276 e. The molecule has 134 valence electrons. The number of likely N-dealkylation sites (tertiary alicyclic amines) is 1. The molecule has 3 rings (SSSR count). The fraction of sp³-hybridized carbons (Fsp3) is 0.526. The molecule has 1 amide bonds. The minimum atomic E-state index is -0.0398. The first-order valence-corrected chi connectivity index (χ1v) is 8.95. The third-order valence-corrected chi connectivity index (χ3v) is 4.37. The van der Waals surface area contributed by atoms with Crippen LogP contribution in [0.2, 0.25) is 0 Å². The molecule has 6 nitrogen and oxygen atoms in total. The number of amides is 1. The topological polar surface area (TPSA) is 60.2 Å². The number of benzene rings is 1. The molecule has 2 heterocycles. The molecule has 1 aromatic carbocycles. The summed E-state index contributed by atoms with van der Waals surface area (Å²) in [6.45, 7) is 8.33. The van der Waals surface area contributed by atoms with E-state index in [1.807, 2.05) is 42.2 Å². The molecule has 0 N–H and O–H groups in total. The minimum Gasteiger partial charge on any atom is -0.378 e. The van der Waals surface area contributed by atoms with Crippen LogP contribution in [0.25, 0.3) is 5.69 Å². The van der Waals surface area contributed by atoms with Crippen molar-refractivity contribution in [2.45, 2.75) is 39.7 Å². The Morgan fingerprint density at radius 1 is 1.20 bits per heavy atom. The molecule has 0 saturated carbocycles. The van der Waals surface area contributed by atoms with Crippen LogP contribution in [0.5, 0.6) is 0 Å². The molecule has 1 aliphatic rings. The first kappa shape index (κ1) is 17.6. The lowest BCUT2D eigenvalue weighted by Gasteiger charge is -2.31. The molecule has 25 heavy (non-hydrogen) atoms. The summed E-state index contributed by atoms with van der Waals surface area (Å²) >= 11 is 0. The van der Waals surface area contributed by atoms with Crippen molar-refractivity contribution < 1.29 is 9.53 Å².